The molecule has 1 amide bonds. The molecule has 2 rings (SSSR count). The number of piperidine rings is 1. The molecule has 2 heterocycles. The lowest BCUT2D eigenvalue weighted by molar-refractivity contribution is 0.0714. The molecule has 0 bridgehead atoms. The third-order valence-electron chi connectivity index (χ3n) is 3.57. The highest BCUT2D eigenvalue weighted by Crippen LogP contribution is 2.21. The van der Waals surface area contributed by atoms with Crippen LogP contribution in [-0.4, -0.2) is 37.0 Å². The van der Waals surface area contributed by atoms with E-state index in [0.717, 1.165) is 45.4 Å². The molecule has 1 fully saturated rings. The summed E-state index contributed by atoms with van der Waals surface area (Å²) in [6.45, 7) is 5.89. The van der Waals surface area contributed by atoms with Crippen molar-refractivity contribution in [3.63, 3.8) is 0 Å². The third kappa shape index (κ3) is 3.83. The summed E-state index contributed by atoms with van der Waals surface area (Å²) in [5, 5.41) is 3.36. The van der Waals surface area contributed by atoms with Gasteiger partial charge in [0.05, 0.1) is 11.8 Å². The van der Waals surface area contributed by atoms with Gasteiger partial charge < -0.3 is 14.6 Å². The molecule has 4 nitrogen and oxygen atoms in total. The number of nitrogens with zero attached hydrogens (tertiary/aromatic N) is 1. The van der Waals surface area contributed by atoms with Gasteiger partial charge in [-0.05, 0) is 60.3 Å². The predicted octanol–water partition coefficient (Wildman–Crippen LogP) is 2.89. The summed E-state index contributed by atoms with van der Waals surface area (Å²) in [6.07, 6.45) is 4.83. The first-order valence-electron chi connectivity index (χ1n) is 6.95. The highest BCUT2D eigenvalue weighted by atomic mass is 79.9. The Hall–Kier alpha value is -0.810. The van der Waals surface area contributed by atoms with Crippen molar-refractivity contribution in [3.05, 3.63) is 22.6 Å². The van der Waals surface area contributed by atoms with E-state index in [-0.39, 0.29) is 5.91 Å². The molecular formula is C14H21BrN2O2. The SMILES string of the molecule is CCCN(CC1CCNCC1)C(=O)c1ccoc1Br. The number of nitrogens with one attached hydrogen (secondary N) is 1. The van der Waals surface area contributed by atoms with E-state index < -0.39 is 0 Å². The van der Waals surface area contributed by atoms with Crippen LogP contribution in [0.1, 0.15) is 36.5 Å². The molecule has 1 saturated heterocycles. The van der Waals surface area contributed by atoms with Crippen LogP contribution < -0.4 is 5.32 Å². The van der Waals surface area contributed by atoms with E-state index in [1.165, 1.54) is 0 Å². The van der Waals surface area contributed by atoms with Gasteiger partial charge in [-0.1, -0.05) is 6.92 Å². The second-order valence-electron chi connectivity index (χ2n) is 5.05. The molecule has 0 spiro atoms. The average molecular weight is 329 g/mol. The number of carbonyl (C=O) groups excluding carboxylic acids is 1. The number of hydrogen-bond acceptors (Lipinski definition) is 3. The van der Waals surface area contributed by atoms with Crippen molar-refractivity contribution in [1.82, 2.24) is 10.2 Å². The van der Waals surface area contributed by atoms with Crippen LogP contribution in [0.3, 0.4) is 0 Å². The second-order valence-corrected chi connectivity index (χ2v) is 5.77. The van der Waals surface area contributed by atoms with E-state index in [0.29, 0.717) is 16.2 Å². The fourth-order valence-electron chi connectivity index (χ4n) is 2.54. The zero-order valence-corrected chi connectivity index (χ0v) is 12.9. The van der Waals surface area contributed by atoms with Gasteiger partial charge in [-0.3, -0.25) is 4.79 Å². The van der Waals surface area contributed by atoms with Gasteiger partial charge in [0.25, 0.3) is 5.91 Å². The lowest BCUT2D eigenvalue weighted by Gasteiger charge is -2.29. The van der Waals surface area contributed by atoms with Gasteiger partial charge in [0.2, 0.25) is 0 Å². The predicted molar refractivity (Wildman–Crippen MR) is 78.2 cm³/mol. The Labute approximate surface area is 122 Å². The van der Waals surface area contributed by atoms with Gasteiger partial charge in [0, 0.05) is 13.1 Å². The van der Waals surface area contributed by atoms with E-state index in [1.807, 2.05) is 4.90 Å². The van der Waals surface area contributed by atoms with E-state index in [4.69, 9.17) is 4.42 Å². The minimum Gasteiger partial charge on any atom is -0.457 e. The summed E-state index contributed by atoms with van der Waals surface area (Å²) in [5.74, 6) is 0.684. The summed E-state index contributed by atoms with van der Waals surface area (Å²) in [7, 11) is 0. The Balaban J connectivity index is 2.02. The Morgan fingerprint density at radius 1 is 1.53 bits per heavy atom. The van der Waals surface area contributed by atoms with Crippen LogP contribution in [0.5, 0.6) is 0 Å². The van der Waals surface area contributed by atoms with Gasteiger partial charge in [-0.2, -0.15) is 0 Å². The van der Waals surface area contributed by atoms with E-state index in [9.17, 15) is 4.79 Å². The maximum absolute atomic E-state index is 12.5. The van der Waals surface area contributed by atoms with Crippen LogP contribution in [0, 0.1) is 5.92 Å². The molecule has 19 heavy (non-hydrogen) atoms. The number of amides is 1. The van der Waals surface area contributed by atoms with Crippen LogP contribution in [0.2, 0.25) is 0 Å². The first-order valence-corrected chi connectivity index (χ1v) is 7.74. The van der Waals surface area contributed by atoms with Crippen molar-refractivity contribution in [3.8, 4) is 0 Å². The first kappa shape index (κ1) is 14.6. The molecule has 0 radical (unpaired) electrons. The van der Waals surface area contributed by atoms with Crippen LogP contribution in [-0.2, 0) is 0 Å². The lowest BCUT2D eigenvalue weighted by atomic mass is 9.97. The third-order valence-corrected chi connectivity index (χ3v) is 4.18. The molecular weight excluding hydrogens is 308 g/mol. The molecule has 0 unspecified atom stereocenters. The van der Waals surface area contributed by atoms with Crippen LogP contribution in [0.15, 0.2) is 21.4 Å². The Morgan fingerprint density at radius 3 is 2.84 bits per heavy atom. The first-order chi connectivity index (χ1) is 9.22. The van der Waals surface area contributed by atoms with Crippen molar-refractivity contribution < 1.29 is 9.21 Å². The van der Waals surface area contributed by atoms with Gasteiger partial charge in [-0.25, -0.2) is 0 Å². The number of rotatable bonds is 5. The molecule has 0 aliphatic carbocycles. The molecule has 0 saturated carbocycles. The summed E-state index contributed by atoms with van der Waals surface area (Å²) >= 11 is 3.29. The molecule has 1 aliphatic heterocycles. The lowest BCUT2D eigenvalue weighted by Crippen LogP contribution is -2.39. The van der Waals surface area contributed by atoms with Gasteiger partial charge >= 0.3 is 0 Å². The maximum atomic E-state index is 12.5. The number of halogens is 1. The number of hydrogen-bond donors (Lipinski definition) is 1. The van der Waals surface area contributed by atoms with Crippen LogP contribution in [0.25, 0.3) is 0 Å². The van der Waals surface area contributed by atoms with E-state index in [1.54, 1.807) is 12.3 Å². The minimum absolute atomic E-state index is 0.0704. The number of carbonyl (C=O) groups is 1. The monoisotopic (exact) mass is 328 g/mol. The van der Waals surface area contributed by atoms with Crippen LogP contribution >= 0.6 is 15.9 Å². The Kier molecular flexibility index (Phi) is 5.45. The number of furan rings is 1. The van der Waals surface area contributed by atoms with Crippen LogP contribution in [0.4, 0.5) is 0 Å². The topological polar surface area (TPSA) is 45.5 Å². The minimum atomic E-state index is 0.0704. The summed E-state index contributed by atoms with van der Waals surface area (Å²) < 4.78 is 5.69. The Bertz CT molecular complexity index is 413. The standard InChI is InChI=1S/C14H21BrN2O2/c1-2-8-17(10-11-3-6-16-7-4-11)14(18)12-5-9-19-13(12)15/h5,9,11,16H,2-4,6-8,10H2,1H3. The van der Waals surface area contributed by atoms with Crippen molar-refractivity contribution in [2.45, 2.75) is 26.2 Å². The average Bonchev–Trinajstić information content (AvgIpc) is 2.85. The van der Waals surface area contributed by atoms with Crippen molar-refractivity contribution in [2.75, 3.05) is 26.2 Å². The normalized spacial score (nSPS) is 16.5. The van der Waals surface area contributed by atoms with Gasteiger partial charge in [0.1, 0.15) is 0 Å². The largest absolute Gasteiger partial charge is 0.457 e. The highest BCUT2D eigenvalue weighted by Gasteiger charge is 2.23. The summed E-state index contributed by atoms with van der Waals surface area (Å²) in [5.41, 5.74) is 0.627. The molecule has 1 aromatic heterocycles. The van der Waals surface area contributed by atoms with Gasteiger partial charge in [0.15, 0.2) is 4.67 Å². The molecule has 5 heteroatoms. The summed E-state index contributed by atoms with van der Waals surface area (Å²) in [4.78, 5) is 14.5. The van der Waals surface area contributed by atoms with Crippen molar-refractivity contribution in [1.29, 1.82) is 0 Å². The Morgan fingerprint density at radius 2 is 2.26 bits per heavy atom. The van der Waals surface area contributed by atoms with Crippen molar-refractivity contribution >= 4 is 21.8 Å². The van der Waals surface area contributed by atoms with E-state index in [2.05, 4.69) is 28.2 Å². The zero-order valence-electron chi connectivity index (χ0n) is 11.3. The van der Waals surface area contributed by atoms with Crippen molar-refractivity contribution in [2.24, 2.45) is 5.92 Å². The molecule has 0 atom stereocenters. The summed E-state index contributed by atoms with van der Waals surface area (Å²) in [6, 6.07) is 1.73. The zero-order chi connectivity index (χ0) is 13.7. The molecule has 0 aromatic carbocycles. The quantitative estimate of drug-likeness (QED) is 0.903. The van der Waals surface area contributed by atoms with Gasteiger partial charge in [-0.15, -0.1) is 0 Å². The maximum Gasteiger partial charge on any atom is 0.258 e. The second kappa shape index (κ2) is 7.10. The highest BCUT2D eigenvalue weighted by molar-refractivity contribution is 9.10. The fourth-order valence-corrected chi connectivity index (χ4v) is 2.95. The van der Waals surface area contributed by atoms with E-state index >= 15 is 0 Å². The molecule has 1 N–H and O–H groups in total. The molecule has 106 valence electrons. The molecule has 1 aromatic rings. The fraction of sp³-hybridized carbons (Fsp3) is 0.643. The molecule has 1 aliphatic rings. The smallest absolute Gasteiger partial charge is 0.258 e.